The van der Waals surface area contributed by atoms with Gasteiger partial charge in [-0.25, -0.2) is 22.8 Å². The molecule has 3 fully saturated rings. The molecule has 2 aliphatic carbocycles. The highest BCUT2D eigenvalue weighted by Crippen LogP contribution is 2.46. The van der Waals surface area contributed by atoms with Crippen LogP contribution in [-0.2, 0) is 24.4 Å². The average Bonchev–Trinajstić information content (AvgIpc) is 3.99. The second-order valence-corrected chi connectivity index (χ2v) is 16.0. The van der Waals surface area contributed by atoms with Crippen molar-refractivity contribution in [2.75, 3.05) is 6.54 Å². The van der Waals surface area contributed by atoms with Crippen molar-refractivity contribution in [1.82, 2.24) is 35.4 Å². The van der Waals surface area contributed by atoms with Crippen LogP contribution in [0.25, 0.3) is 11.0 Å². The molecule has 1 saturated heterocycles. The fourth-order valence-corrected chi connectivity index (χ4v) is 8.30. The number of fused-ring (bicyclic) bond motifs is 3. The number of carbonyl (C=O) groups excluding carboxylic acids is 4. The van der Waals surface area contributed by atoms with Crippen molar-refractivity contribution in [3.8, 4) is 5.88 Å². The van der Waals surface area contributed by atoms with Gasteiger partial charge in [0.05, 0.1) is 17.3 Å². The zero-order valence-electron chi connectivity index (χ0n) is 28.8. The second-order valence-electron chi connectivity index (χ2n) is 14.1. The number of sulfonamides is 1. The number of rotatable bonds is 7. The van der Waals surface area contributed by atoms with E-state index in [4.69, 9.17) is 9.26 Å². The Morgan fingerprint density at radius 2 is 1.92 bits per heavy atom. The van der Waals surface area contributed by atoms with Crippen LogP contribution in [0.4, 0.5) is 4.39 Å². The van der Waals surface area contributed by atoms with Gasteiger partial charge in [-0.1, -0.05) is 36.2 Å². The number of benzene rings is 1. The van der Waals surface area contributed by atoms with Crippen molar-refractivity contribution in [2.24, 2.45) is 5.92 Å². The number of aryl methyl sites for hydroxylation is 2. The van der Waals surface area contributed by atoms with Crippen molar-refractivity contribution in [3.05, 3.63) is 59.4 Å². The maximum Gasteiger partial charge on any atom is 0.274 e. The smallest absolute Gasteiger partial charge is 0.274 e. The van der Waals surface area contributed by atoms with E-state index in [1.807, 2.05) is 12.2 Å². The van der Waals surface area contributed by atoms with Crippen molar-refractivity contribution in [3.63, 3.8) is 0 Å². The number of halogens is 1. The van der Waals surface area contributed by atoms with E-state index in [-0.39, 0.29) is 42.9 Å². The van der Waals surface area contributed by atoms with Crippen LogP contribution in [0.15, 0.2) is 40.9 Å². The van der Waals surface area contributed by atoms with E-state index in [2.05, 4.69) is 30.5 Å². The van der Waals surface area contributed by atoms with E-state index < -0.39 is 74.4 Å². The Bertz CT molecular complexity index is 2070. The van der Waals surface area contributed by atoms with Crippen LogP contribution < -0.4 is 20.1 Å². The summed E-state index contributed by atoms with van der Waals surface area (Å²) in [5, 5.41) is 8.71. The van der Waals surface area contributed by atoms with Gasteiger partial charge in [0.2, 0.25) is 27.7 Å². The number of hydrogen-bond acceptors (Lipinski definition) is 11. The molecule has 0 radical (unpaired) electrons. The third-order valence-electron chi connectivity index (χ3n) is 10.1. The van der Waals surface area contributed by atoms with Gasteiger partial charge in [0.15, 0.2) is 11.5 Å². The molecule has 15 nitrogen and oxygen atoms in total. The van der Waals surface area contributed by atoms with E-state index in [9.17, 15) is 32.0 Å². The van der Waals surface area contributed by atoms with E-state index in [1.165, 1.54) is 23.1 Å². The predicted octanol–water partition coefficient (Wildman–Crippen LogP) is 2.52. The third kappa shape index (κ3) is 7.22. The number of aromatic nitrogens is 3. The van der Waals surface area contributed by atoms with Gasteiger partial charge < -0.3 is 24.8 Å². The highest BCUT2D eigenvalue weighted by Gasteiger charge is 2.62. The molecular weight excluding hydrogens is 697 g/mol. The molecule has 5 atom stereocenters. The molecular formula is C35H40FN7O8S. The molecule has 276 valence electrons. The summed E-state index contributed by atoms with van der Waals surface area (Å²) in [5.74, 6) is -3.30. The van der Waals surface area contributed by atoms with Crippen molar-refractivity contribution in [2.45, 2.75) is 101 Å². The molecule has 2 saturated carbocycles. The summed E-state index contributed by atoms with van der Waals surface area (Å²) in [7, 11) is -3.91. The van der Waals surface area contributed by atoms with Gasteiger partial charge in [0.25, 0.3) is 11.8 Å². The Kier molecular flexibility index (Phi) is 9.48. The molecule has 0 spiro atoms. The minimum atomic E-state index is -3.91. The number of carbonyl (C=O) groups is 4. The number of hydrogen-bond donors (Lipinski definition) is 3. The van der Waals surface area contributed by atoms with Crippen LogP contribution in [0.3, 0.4) is 0 Å². The number of ether oxygens (including phenoxy) is 1. The minimum Gasteiger partial charge on any atom is -0.471 e. The summed E-state index contributed by atoms with van der Waals surface area (Å²) >= 11 is 0. The number of allylic oxidation sites excluding steroid dienone is 1. The van der Waals surface area contributed by atoms with Crippen molar-refractivity contribution >= 4 is 44.7 Å². The summed E-state index contributed by atoms with van der Waals surface area (Å²) in [6, 6.07) is 3.61. The van der Waals surface area contributed by atoms with Gasteiger partial charge in [0, 0.05) is 18.4 Å². The Balaban J connectivity index is 1.20. The highest BCUT2D eigenvalue weighted by atomic mass is 32.2. The molecule has 0 unspecified atom stereocenters. The second kappa shape index (κ2) is 13.9. The minimum absolute atomic E-state index is 0.00225. The Hall–Kier alpha value is -4.93. The lowest BCUT2D eigenvalue weighted by molar-refractivity contribution is -0.141. The molecule has 7 rings (SSSR count). The molecule has 1 aromatic carbocycles. The number of nitrogens with one attached hydrogen (secondary N) is 3. The molecule has 0 bridgehead atoms. The van der Waals surface area contributed by atoms with E-state index >= 15 is 0 Å². The standard InChI is InChI=1S/C35H40FN7O8S/c1-19-15-27(41-51-19)30(44)38-26-11-7-5-3-4-6-9-21-17-35(21,34(47)42-52(48,49)23-13-14-23)40-31(45)28-16-22(18-43(28)33(26)46)50-32-20(2)37-25-12-8-10-24(36)29(25)39-32/h6,8-10,12,15,21-23,26,28H,3-5,7,11,13-14,16-18H2,1-2H3,(H,38,44)(H,40,45)(H,42,47)/t21-,22-,26+,28+,35-/m1/s1. The summed E-state index contributed by atoms with van der Waals surface area (Å²) in [6.45, 7) is 3.17. The maximum absolute atomic E-state index is 14.7. The zero-order chi connectivity index (χ0) is 36.8. The molecule has 4 heterocycles. The lowest BCUT2D eigenvalue weighted by Gasteiger charge is -2.29. The van der Waals surface area contributed by atoms with E-state index in [1.54, 1.807) is 19.9 Å². The monoisotopic (exact) mass is 737 g/mol. The number of para-hydroxylation sites is 1. The van der Waals surface area contributed by atoms with E-state index in [0.29, 0.717) is 42.7 Å². The lowest BCUT2D eigenvalue weighted by atomic mass is 10.0. The van der Waals surface area contributed by atoms with Crippen LogP contribution >= 0.6 is 0 Å². The van der Waals surface area contributed by atoms with Crippen LogP contribution in [0, 0.1) is 25.6 Å². The van der Waals surface area contributed by atoms with Crippen LogP contribution in [0.2, 0.25) is 0 Å². The quantitative estimate of drug-likeness (QED) is 0.301. The Morgan fingerprint density at radius 1 is 1.12 bits per heavy atom. The van der Waals surface area contributed by atoms with E-state index in [0.717, 1.165) is 12.8 Å². The zero-order valence-corrected chi connectivity index (χ0v) is 29.6. The maximum atomic E-state index is 14.7. The van der Waals surface area contributed by atoms with Gasteiger partial charge in [-0.05, 0) is 64.5 Å². The Labute approximate surface area is 299 Å². The molecule has 3 aromatic rings. The first kappa shape index (κ1) is 35.5. The summed E-state index contributed by atoms with van der Waals surface area (Å²) in [4.78, 5) is 65.6. The molecule has 17 heteroatoms. The topological polar surface area (TPSA) is 203 Å². The van der Waals surface area contributed by atoms with Gasteiger partial charge >= 0.3 is 0 Å². The molecule has 2 aromatic heterocycles. The van der Waals surface area contributed by atoms with Crippen LogP contribution in [0.5, 0.6) is 5.88 Å². The molecule has 2 aliphatic heterocycles. The van der Waals surface area contributed by atoms with Gasteiger partial charge in [0.1, 0.15) is 40.7 Å². The average molecular weight is 738 g/mol. The largest absolute Gasteiger partial charge is 0.471 e. The first-order chi connectivity index (χ1) is 24.8. The lowest BCUT2D eigenvalue weighted by Crippen LogP contribution is -2.58. The molecule has 52 heavy (non-hydrogen) atoms. The molecule has 4 aliphatic rings. The third-order valence-corrected chi connectivity index (χ3v) is 11.9. The highest BCUT2D eigenvalue weighted by molar-refractivity contribution is 7.91. The first-order valence-electron chi connectivity index (χ1n) is 17.5. The fraction of sp³-hybridized carbons (Fsp3) is 0.514. The normalized spacial score (nSPS) is 26.8. The molecule has 4 amide bonds. The summed E-state index contributed by atoms with van der Waals surface area (Å²) in [5.41, 5.74) is -0.849. The summed E-state index contributed by atoms with van der Waals surface area (Å²) < 4.78 is 53.7. The molecule has 3 N–H and O–H groups in total. The Morgan fingerprint density at radius 3 is 2.67 bits per heavy atom. The van der Waals surface area contributed by atoms with Gasteiger partial charge in [-0.15, -0.1) is 0 Å². The fourth-order valence-electron chi connectivity index (χ4n) is 6.94. The van der Waals surface area contributed by atoms with Crippen LogP contribution in [0.1, 0.15) is 79.7 Å². The van der Waals surface area contributed by atoms with Crippen molar-refractivity contribution in [1.29, 1.82) is 0 Å². The number of nitrogens with zero attached hydrogens (tertiary/aromatic N) is 4. The van der Waals surface area contributed by atoms with Crippen LogP contribution in [-0.4, -0.2) is 87.6 Å². The predicted molar refractivity (Wildman–Crippen MR) is 183 cm³/mol. The first-order valence-corrected chi connectivity index (χ1v) is 19.1. The van der Waals surface area contributed by atoms with Gasteiger partial charge in [-0.3, -0.25) is 23.9 Å². The van der Waals surface area contributed by atoms with Gasteiger partial charge in [-0.2, -0.15) is 0 Å². The SMILES string of the molecule is Cc1cc(C(=O)N[C@H]2CCCCCC=C[C@@H]3C[C@@]3(C(=O)NS(=O)(=O)C3CC3)NC(=O)[C@@H]3C[C@@H](Oc4nc5c(F)cccc5nc4C)CN3C2=O)no1. The number of amides is 4. The van der Waals surface area contributed by atoms with Crippen molar-refractivity contribution < 1.29 is 41.2 Å². The summed E-state index contributed by atoms with van der Waals surface area (Å²) in [6.07, 6.45) is 6.97.